The van der Waals surface area contributed by atoms with Crippen LogP contribution in [0.4, 0.5) is 0 Å². The van der Waals surface area contributed by atoms with E-state index in [2.05, 4.69) is 76.3 Å². The molecule has 2 aromatic rings. The Balaban J connectivity index is 0.00000105. The maximum Gasteiger partial charge on any atom is -1.00 e. The molecule has 2 aromatic carbocycles. The number of fused-ring (bicyclic) bond motifs is 2. The fourth-order valence-corrected chi connectivity index (χ4v) is 31.2. The first kappa shape index (κ1) is 21.1. The Bertz CT molecular complexity index is 891. The van der Waals surface area contributed by atoms with Crippen molar-refractivity contribution in [3.8, 4) is 0 Å². The third kappa shape index (κ3) is 2.96. The fourth-order valence-electron chi connectivity index (χ4n) is 5.47. The van der Waals surface area contributed by atoms with E-state index in [1.165, 1.54) is 22.3 Å². The summed E-state index contributed by atoms with van der Waals surface area (Å²) in [4.78, 5) is 0. The fraction of sp³-hybridized carbons (Fsp3) is 0.333. The number of allylic oxidation sites excluding steroid dienone is 2. The first-order chi connectivity index (χ1) is 12.0. The minimum Gasteiger partial charge on any atom is -1.00 e. The van der Waals surface area contributed by atoms with Crippen molar-refractivity contribution in [2.75, 3.05) is 0 Å². The zero-order valence-electron chi connectivity index (χ0n) is 16.4. The zero-order chi connectivity index (χ0) is 17.3. The number of aryl methyl sites for hydroxylation is 4. The standard InChI is InChI=1S/2C11H11.C2H4.2ClH.Hf/c2*1-8-6-7-9(2)11-5-3-4-10(8)11;1-2;;;/h2*3-7H,1-2H3;1-2H2;2*1H;/q;;;;;+2/p-2. The summed E-state index contributed by atoms with van der Waals surface area (Å²) < 4.78 is 4.72. The van der Waals surface area contributed by atoms with Gasteiger partial charge in [-0.25, -0.2) is 0 Å². The van der Waals surface area contributed by atoms with Crippen molar-refractivity contribution in [2.45, 2.75) is 43.4 Å². The monoisotopic (exact) mass is 564 g/mol. The first-order valence-corrected chi connectivity index (χ1v) is 18.8. The summed E-state index contributed by atoms with van der Waals surface area (Å²) in [5.74, 6) is 0. The van der Waals surface area contributed by atoms with E-state index in [-0.39, 0.29) is 24.8 Å². The second kappa shape index (κ2) is 7.32. The van der Waals surface area contributed by atoms with Gasteiger partial charge in [0.15, 0.2) is 0 Å². The molecule has 2 aliphatic carbocycles. The second-order valence-electron chi connectivity index (χ2n) is 8.46. The van der Waals surface area contributed by atoms with Gasteiger partial charge in [-0.1, -0.05) is 0 Å². The molecule has 140 valence electrons. The molecule has 0 saturated carbocycles. The van der Waals surface area contributed by atoms with E-state index in [1.54, 1.807) is 30.6 Å². The number of hydrogen-bond donors (Lipinski definition) is 0. The predicted molar refractivity (Wildman–Crippen MR) is 105 cm³/mol. The van der Waals surface area contributed by atoms with Crippen LogP contribution in [0.3, 0.4) is 0 Å². The van der Waals surface area contributed by atoms with E-state index in [0.717, 1.165) is 7.35 Å². The van der Waals surface area contributed by atoms with Crippen molar-refractivity contribution >= 4 is 12.2 Å². The smallest absolute Gasteiger partial charge is 1.00 e. The molecule has 0 radical (unpaired) electrons. The van der Waals surface area contributed by atoms with Gasteiger partial charge in [-0.05, 0) is 0 Å². The van der Waals surface area contributed by atoms with Crippen LogP contribution in [0.25, 0.3) is 12.2 Å². The van der Waals surface area contributed by atoms with Gasteiger partial charge < -0.3 is 24.8 Å². The summed E-state index contributed by atoms with van der Waals surface area (Å²) in [6.07, 6.45) is 10.1. The van der Waals surface area contributed by atoms with Gasteiger partial charge in [-0.2, -0.15) is 0 Å². The molecule has 0 N–H and O–H groups in total. The second-order valence-corrected chi connectivity index (χ2v) is 25.4. The summed E-state index contributed by atoms with van der Waals surface area (Å²) in [6, 6.07) is 9.31. The van der Waals surface area contributed by atoms with Crippen LogP contribution in [0.15, 0.2) is 36.4 Å². The Morgan fingerprint density at radius 3 is 1.37 bits per heavy atom. The molecule has 2 unspecified atom stereocenters. The van der Waals surface area contributed by atoms with E-state index in [1.807, 2.05) is 0 Å². The summed E-state index contributed by atoms with van der Waals surface area (Å²) >= 11 is -2.43. The molecule has 0 aromatic heterocycles. The predicted octanol–water partition coefficient (Wildman–Crippen LogP) is 0.768. The van der Waals surface area contributed by atoms with Crippen LogP contribution in [0.5, 0.6) is 0 Å². The maximum atomic E-state index is 2.61. The van der Waals surface area contributed by atoms with Gasteiger partial charge in [0.1, 0.15) is 0 Å². The molecule has 27 heavy (non-hydrogen) atoms. The van der Waals surface area contributed by atoms with Gasteiger partial charge in [-0.3, -0.25) is 0 Å². The van der Waals surface area contributed by atoms with E-state index < -0.39 is 20.0 Å². The van der Waals surface area contributed by atoms with Crippen LogP contribution in [0.2, 0.25) is 8.35 Å². The van der Waals surface area contributed by atoms with E-state index in [9.17, 15) is 0 Å². The number of benzene rings is 2. The quantitative estimate of drug-likeness (QED) is 0.474. The average molecular weight is 564 g/mol. The van der Waals surface area contributed by atoms with Crippen LogP contribution in [-0.4, -0.2) is 0 Å². The molecule has 1 saturated heterocycles. The average Bonchev–Trinajstić information content (AvgIpc) is 3.07. The Morgan fingerprint density at radius 1 is 0.630 bits per heavy atom. The molecule has 1 heterocycles. The minimum absolute atomic E-state index is 0. The molecule has 1 aliphatic heterocycles. The van der Waals surface area contributed by atoms with Crippen molar-refractivity contribution < 1.29 is 44.8 Å². The molecule has 0 amide bonds. The van der Waals surface area contributed by atoms with Crippen molar-refractivity contribution in [1.82, 2.24) is 0 Å². The SMILES string of the molecule is Cc1ccc(C)c2c1C=C[CH]2[Hf+2]1([CH]2C=Cc3c(C)ccc(C)c32)[CH2][CH2]1.[Cl-].[Cl-]. The number of hydrogen-bond acceptors (Lipinski definition) is 0. The van der Waals surface area contributed by atoms with Crippen molar-refractivity contribution in [2.24, 2.45) is 0 Å². The molecular weight excluding hydrogens is 538 g/mol. The molecule has 3 aliphatic rings. The zero-order valence-corrected chi connectivity index (χ0v) is 21.5. The summed E-state index contributed by atoms with van der Waals surface area (Å²) in [5.41, 5.74) is 12.4. The Morgan fingerprint density at radius 2 is 1.00 bits per heavy atom. The largest absolute Gasteiger partial charge is 1.00 e. The minimum atomic E-state index is -2.43. The molecule has 0 spiro atoms. The Kier molecular flexibility index (Phi) is 5.72. The van der Waals surface area contributed by atoms with Gasteiger partial charge >= 0.3 is 156 Å². The molecular formula is C24H26Cl2Hf. The van der Waals surface area contributed by atoms with Gasteiger partial charge in [0, 0.05) is 0 Å². The third-order valence-electron chi connectivity index (χ3n) is 7.05. The van der Waals surface area contributed by atoms with Gasteiger partial charge in [-0.15, -0.1) is 0 Å². The van der Waals surface area contributed by atoms with E-state index in [0.29, 0.717) is 0 Å². The van der Waals surface area contributed by atoms with Crippen molar-refractivity contribution in [3.63, 3.8) is 0 Å². The van der Waals surface area contributed by atoms with Gasteiger partial charge in [0.2, 0.25) is 0 Å². The van der Waals surface area contributed by atoms with E-state index in [4.69, 9.17) is 0 Å². The van der Waals surface area contributed by atoms with Crippen molar-refractivity contribution in [3.05, 3.63) is 80.9 Å². The van der Waals surface area contributed by atoms with Crippen LogP contribution < -0.4 is 24.8 Å². The summed E-state index contributed by atoms with van der Waals surface area (Å²) in [6.45, 7) is 9.21. The number of halogens is 2. The normalized spacial score (nSPS) is 21.5. The molecule has 0 nitrogen and oxygen atoms in total. The molecule has 0 bridgehead atoms. The Labute approximate surface area is 180 Å². The van der Waals surface area contributed by atoms with E-state index >= 15 is 0 Å². The topological polar surface area (TPSA) is 0 Å². The first-order valence-electron chi connectivity index (χ1n) is 9.59. The molecule has 5 rings (SSSR count). The third-order valence-corrected chi connectivity index (χ3v) is 25.3. The van der Waals surface area contributed by atoms with Crippen LogP contribution >= 0.6 is 0 Å². The maximum absolute atomic E-state index is 2.61. The Hall–Kier alpha value is -0.630. The van der Waals surface area contributed by atoms with Crippen LogP contribution in [0.1, 0.15) is 51.9 Å². The van der Waals surface area contributed by atoms with Crippen molar-refractivity contribution in [1.29, 1.82) is 0 Å². The van der Waals surface area contributed by atoms with Crippen LogP contribution in [0, 0.1) is 27.7 Å². The van der Waals surface area contributed by atoms with Gasteiger partial charge in [0.05, 0.1) is 0 Å². The summed E-state index contributed by atoms with van der Waals surface area (Å²) in [7, 11) is 0. The van der Waals surface area contributed by atoms with Crippen LogP contribution in [-0.2, 0) is 20.0 Å². The molecule has 2 atom stereocenters. The number of rotatable bonds is 2. The molecule has 1 fully saturated rings. The molecule has 3 heteroatoms. The van der Waals surface area contributed by atoms with Gasteiger partial charge in [0.25, 0.3) is 0 Å². The summed E-state index contributed by atoms with van der Waals surface area (Å²) in [5, 5.41) is 0.